The second-order valence-corrected chi connectivity index (χ2v) is 7.05. The van der Waals surface area contributed by atoms with E-state index in [0.717, 1.165) is 37.6 Å². The van der Waals surface area contributed by atoms with Crippen molar-refractivity contribution in [2.75, 3.05) is 13.1 Å². The van der Waals surface area contributed by atoms with Crippen LogP contribution in [0.5, 0.6) is 0 Å². The summed E-state index contributed by atoms with van der Waals surface area (Å²) >= 11 is 0. The predicted octanol–water partition coefficient (Wildman–Crippen LogP) is 0.906. The topological polar surface area (TPSA) is 80.1 Å². The van der Waals surface area contributed by atoms with Crippen molar-refractivity contribution in [1.29, 1.82) is 0 Å². The molecular formula is C16H25N5O2. The highest BCUT2D eigenvalue weighted by atomic mass is 16.2. The van der Waals surface area contributed by atoms with Crippen LogP contribution in [0.25, 0.3) is 0 Å². The predicted molar refractivity (Wildman–Crippen MR) is 84.4 cm³/mol. The molecule has 2 aliphatic rings. The van der Waals surface area contributed by atoms with E-state index in [9.17, 15) is 9.59 Å². The summed E-state index contributed by atoms with van der Waals surface area (Å²) in [6, 6.07) is -0.184. The Labute approximate surface area is 136 Å². The summed E-state index contributed by atoms with van der Waals surface area (Å²) in [5.41, 5.74) is 0. The lowest BCUT2D eigenvalue weighted by atomic mass is 10.1. The van der Waals surface area contributed by atoms with Gasteiger partial charge < -0.3 is 14.8 Å². The van der Waals surface area contributed by atoms with Gasteiger partial charge in [-0.05, 0) is 19.3 Å². The van der Waals surface area contributed by atoms with Crippen molar-refractivity contribution in [1.82, 2.24) is 25.0 Å². The van der Waals surface area contributed by atoms with Crippen molar-refractivity contribution in [2.45, 2.75) is 52.6 Å². The first-order valence-corrected chi connectivity index (χ1v) is 8.45. The van der Waals surface area contributed by atoms with E-state index in [1.165, 1.54) is 0 Å². The molecule has 3 heterocycles. The van der Waals surface area contributed by atoms with E-state index in [1.54, 1.807) is 4.90 Å². The van der Waals surface area contributed by atoms with E-state index < -0.39 is 0 Å². The van der Waals surface area contributed by atoms with E-state index in [1.807, 2.05) is 6.92 Å². The highest BCUT2D eigenvalue weighted by molar-refractivity contribution is 5.89. The van der Waals surface area contributed by atoms with Crippen LogP contribution < -0.4 is 5.32 Å². The maximum atomic E-state index is 12.5. The van der Waals surface area contributed by atoms with E-state index in [0.29, 0.717) is 18.9 Å². The Morgan fingerprint density at radius 1 is 1.35 bits per heavy atom. The van der Waals surface area contributed by atoms with Crippen LogP contribution >= 0.6 is 0 Å². The molecule has 7 heteroatoms. The van der Waals surface area contributed by atoms with Crippen LogP contribution in [0.15, 0.2) is 0 Å². The molecule has 2 atom stereocenters. The fourth-order valence-corrected chi connectivity index (χ4v) is 3.45. The van der Waals surface area contributed by atoms with Crippen LogP contribution in [0, 0.1) is 11.8 Å². The number of amides is 2. The SMILES string of the molecule is CC(C)CN1C[C@@H](C(=O)N[C@@H](C)c2nnc3n2CCC3)CC1=O. The number of carbonyl (C=O) groups is 2. The highest BCUT2D eigenvalue weighted by Crippen LogP contribution is 2.22. The van der Waals surface area contributed by atoms with Gasteiger partial charge in [-0.1, -0.05) is 13.8 Å². The maximum Gasteiger partial charge on any atom is 0.226 e. The molecular weight excluding hydrogens is 294 g/mol. The number of fused-ring (bicyclic) bond motifs is 1. The maximum absolute atomic E-state index is 12.5. The summed E-state index contributed by atoms with van der Waals surface area (Å²) in [7, 11) is 0. The number of rotatable bonds is 5. The standard InChI is InChI=1S/C16H25N5O2/c1-10(2)8-20-9-12(7-14(20)22)16(23)17-11(3)15-19-18-13-5-4-6-21(13)15/h10-12H,4-9H2,1-3H3,(H,17,23)/t11-,12-/m0/s1. The van der Waals surface area contributed by atoms with E-state index >= 15 is 0 Å². The molecule has 3 rings (SSSR count). The Bertz CT molecular complexity index is 610. The number of hydrogen-bond donors (Lipinski definition) is 1. The lowest BCUT2D eigenvalue weighted by Crippen LogP contribution is -2.36. The van der Waals surface area contributed by atoms with Gasteiger partial charge in [0.25, 0.3) is 0 Å². The van der Waals surface area contributed by atoms with Crippen LogP contribution in [0.1, 0.15) is 51.3 Å². The molecule has 23 heavy (non-hydrogen) atoms. The third-order valence-corrected chi connectivity index (χ3v) is 4.55. The van der Waals surface area contributed by atoms with Gasteiger partial charge in [0.2, 0.25) is 11.8 Å². The summed E-state index contributed by atoms with van der Waals surface area (Å²) in [5.74, 6) is 1.99. The third kappa shape index (κ3) is 3.23. The summed E-state index contributed by atoms with van der Waals surface area (Å²) in [6.07, 6.45) is 2.35. The number of carbonyl (C=O) groups excluding carboxylic acids is 2. The van der Waals surface area contributed by atoms with Crippen molar-refractivity contribution < 1.29 is 9.59 Å². The van der Waals surface area contributed by atoms with Crippen molar-refractivity contribution in [3.8, 4) is 0 Å². The van der Waals surface area contributed by atoms with Crippen molar-refractivity contribution in [3.63, 3.8) is 0 Å². The minimum absolute atomic E-state index is 0.0625. The smallest absolute Gasteiger partial charge is 0.226 e. The highest BCUT2D eigenvalue weighted by Gasteiger charge is 2.35. The summed E-state index contributed by atoms with van der Waals surface area (Å²) in [4.78, 5) is 26.3. The van der Waals surface area contributed by atoms with Gasteiger partial charge in [0, 0.05) is 32.5 Å². The molecule has 126 valence electrons. The van der Waals surface area contributed by atoms with Gasteiger partial charge in [-0.25, -0.2) is 0 Å². The third-order valence-electron chi connectivity index (χ3n) is 4.55. The van der Waals surface area contributed by atoms with E-state index in [-0.39, 0.29) is 23.8 Å². The fourth-order valence-electron chi connectivity index (χ4n) is 3.45. The molecule has 1 fully saturated rings. The molecule has 0 aromatic carbocycles. The van der Waals surface area contributed by atoms with Crippen molar-refractivity contribution in [2.24, 2.45) is 11.8 Å². The van der Waals surface area contributed by atoms with Crippen LogP contribution in [-0.2, 0) is 22.6 Å². The normalized spacial score (nSPS) is 21.8. The first kappa shape index (κ1) is 16.0. The quantitative estimate of drug-likeness (QED) is 0.874. The first-order chi connectivity index (χ1) is 11.0. The van der Waals surface area contributed by atoms with Gasteiger partial charge in [0.05, 0.1) is 12.0 Å². The minimum Gasteiger partial charge on any atom is -0.346 e. The summed E-state index contributed by atoms with van der Waals surface area (Å²) in [6.45, 7) is 8.24. The van der Waals surface area contributed by atoms with Crippen LogP contribution in [0.3, 0.4) is 0 Å². The lowest BCUT2D eigenvalue weighted by molar-refractivity contribution is -0.129. The number of aryl methyl sites for hydroxylation is 1. The second-order valence-electron chi connectivity index (χ2n) is 7.05. The first-order valence-electron chi connectivity index (χ1n) is 8.45. The monoisotopic (exact) mass is 319 g/mol. The summed E-state index contributed by atoms with van der Waals surface area (Å²) < 4.78 is 2.09. The van der Waals surface area contributed by atoms with E-state index in [4.69, 9.17) is 0 Å². The molecule has 0 unspecified atom stereocenters. The Kier molecular flexibility index (Phi) is 4.37. The second kappa shape index (κ2) is 6.29. The van der Waals surface area contributed by atoms with Crippen molar-refractivity contribution in [3.05, 3.63) is 11.6 Å². The molecule has 2 amide bonds. The zero-order valence-electron chi connectivity index (χ0n) is 14.1. The zero-order valence-corrected chi connectivity index (χ0v) is 14.1. The van der Waals surface area contributed by atoms with Crippen molar-refractivity contribution >= 4 is 11.8 Å². The molecule has 0 aliphatic carbocycles. The minimum atomic E-state index is -0.260. The number of likely N-dealkylation sites (tertiary alicyclic amines) is 1. The number of hydrogen-bond acceptors (Lipinski definition) is 4. The molecule has 0 saturated carbocycles. The molecule has 0 spiro atoms. The van der Waals surface area contributed by atoms with Crippen LogP contribution in [-0.4, -0.2) is 44.6 Å². The lowest BCUT2D eigenvalue weighted by Gasteiger charge is -2.19. The van der Waals surface area contributed by atoms with Gasteiger partial charge in [-0.2, -0.15) is 0 Å². The van der Waals surface area contributed by atoms with Gasteiger partial charge >= 0.3 is 0 Å². The molecule has 1 N–H and O–H groups in total. The van der Waals surface area contributed by atoms with Gasteiger partial charge in [0.15, 0.2) is 5.82 Å². The molecule has 2 aliphatic heterocycles. The summed E-state index contributed by atoms with van der Waals surface area (Å²) in [5, 5.41) is 11.4. The van der Waals surface area contributed by atoms with Gasteiger partial charge in [-0.15, -0.1) is 10.2 Å². The largest absolute Gasteiger partial charge is 0.346 e. The van der Waals surface area contributed by atoms with Crippen LogP contribution in [0.2, 0.25) is 0 Å². The Balaban J connectivity index is 1.60. The van der Waals surface area contributed by atoms with Crippen LogP contribution in [0.4, 0.5) is 0 Å². The average molecular weight is 319 g/mol. The number of nitrogens with zero attached hydrogens (tertiary/aromatic N) is 4. The molecule has 0 bridgehead atoms. The average Bonchev–Trinajstić information content (AvgIpc) is 3.14. The Hall–Kier alpha value is -1.92. The van der Waals surface area contributed by atoms with Gasteiger partial charge in [0.1, 0.15) is 5.82 Å². The Morgan fingerprint density at radius 2 is 2.13 bits per heavy atom. The Morgan fingerprint density at radius 3 is 2.87 bits per heavy atom. The number of nitrogens with one attached hydrogen (secondary N) is 1. The molecule has 7 nitrogen and oxygen atoms in total. The molecule has 1 aromatic heterocycles. The van der Waals surface area contributed by atoms with Gasteiger partial charge in [-0.3, -0.25) is 9.59 Å². The zero-order chi connectivity index (χ0) is 16.6. The van der Waals surface area contributed by atoms with E-state index in [2.05, 4.69) is 33.9 Å². The molecule has 1 aromatic rings. The fraction of sp³-hybridized carbons (Fsp3) is 0.750. The number of aromatic nitrogens is 3. The molecule has 0 radical (unpaired) electrons. The molecule has 1 saturated heterocycles.